The van der Waals surface area contributed by atoms with E-state index in [-0.39, 0.29) is 24.4 Å². The lowest BCUT2D eigenvalue weighted by Crippen LogP contribution is -2.43. The Hall–Kier alpha value is -1.42. The van der Waals surface area contributed by atoms with Crippen molar-refractivity contribution < 1.29 is 28.5 Å². The Labute approximate surface area is 199 Å². The maximum absolute atomic E-state index is 12.1. The van der Waals surface area contributed by atoms with Crippen LogP contribution in [0.2, 0.25) is 0 Å². The molecule has 1 saturated carbocycles. The Morgan fingerprint density at radius 1 is 1.03 bits per heavy atom. The molecule has 1 amide bonds. The van der Waals surface area contributed by atoms with Gasteiger partial charge in [-0.25, -0.2) is 9.78 Å². The number of carbonyl (C=O) groups is 1. The molecule has 2 aliphatic rings. The Morgan fingerprint density at radius 3 is 2.28 bits per heavy atom. The summed E-state index contributed by atoms with van der Waals surface area (Å²) in [4.78, 5) is 18.1. The predicted octanol–water partition coefficient (Wildman–Crippen LogP) is 4.20. The number of nitrogens with zero attached hydrogens (tertiary/aromatic N) is 2. The molecule has 32 heavy (non-hydrogen) atoms. The summed E-state index contributed by atoms with van der Waals surface area (Å²) < 4.78 is 29.5. The van der Waals surface area contributed by atoms with Crippen molar-refractivity contribution >= 4 is 22.0 Å². The zero-order valence-corrected chi connectivity index (χ0v) is 20.8. The van der Waals surface area contributed by atoms with Crippen LogP contribution >= 0.6 is 15.9 Å². The van der Waals surface area contributed by atoms with E-state index < -0.39 is 5.60 Å². The van der Waals surface area contributed by atoms with Gasteiger partial charge in [0.1, 0.15) is 11.7 Å². The molecule has 0 spiro atoms. The molecule has 0 unspecified atom stereocenters. The minimum absolute atomic E-state index is 0.167. The first kappa shape index (κ1) is 25.2. The van der Waals surface area contributed by atoms with Gasteiger partial charge in [-0.05, 0) is 55.6 Å². The smallest absolute Gasteiger partial charge is 0.410 e. The number of ether oxygens (including phenoxy) is 5. The third-order valence-electron chi connectivity index (χ3n) is 5.30. The fraction of sp³-hybridized carbons (Fsp3) is 0.739. The van der Waals surface area contributed by atoms with Crippen molar-refractivity contribution in [3.05, 3.63) is 22.8 Å². The van der Waals surface area contributed by atoms with Gasteiger partial charge in [0.2, 0.25) is 5.88 Å². The van der Waals surface area contributed by atoms with Gasteiger partial charge in [0.05, 0.1) is 38.6 Å². The van der Waals surface area contributed by atoms with E-state index in [4.69, 9.17) is 23.7 Å². The molecular weight excluding hydrogens is 480 g/mol. The van der Waals surface area contributed by atoms with E-state index in [1.807, 2.05) is 32.9 Å². The van der Waals surface area contributed by atoms with Crippen molar-refractivity contribution in [2.24, 2.45) is 0 Å². The minimum atomic E-state index is -0.461. The number of pyridine rings is 1. The molecule has 1 aliphatic carbocycles. The molecule has 0 N–H and O–H groups in total. The maximum Gasteiger partial charge on any atom is 0.410 e. The standard InChI is InChI=1S/C23H35BrN2O6/c1-23(2,3)32-22(27)26-8-6-18(7-9-26)29-12-10-28-11-13-30-19-14-20(15-19)31-21-5-4-17(24)16-25-21/h4-5,16,18-20H,6-15H2,1-3H3/t19-,20-. The van der Waals surface area contributed by atoms with Crippen molar-refractivity contribution in [2.75, 3.05) is 39.5 Å². The number of likely N-dealkylation sites (tertiary alicyclic amines) is 1. The lowest BCUT2D eigenvalue weighted by atomic mass is 9.92. The highest BCUT2D eigenvalue weighted by Crippen LogP contribution is 2.27. The summed E-state index contributed by atoms with van der Waals surface area (Å²) in [5.74, 6) is 0.649. The SMILES string of the molecule is CC(C)(C)OC(=O)N1CCC(OCCOCCO[C@H]2C[C@H](Oc3ccc(Br)cn3)C2)CC1. The van der Waals surface area contributed by atoms with Crippen LogP contribution in [0, 0.1) is 0 Å². The average molecular weight is 515 g/mol. The summed E-state index contributed by atoms with van der Waals surface area (Å²) in [5, 5.41) is 0. The second-order valence-corrected chi connectivity index (χ2v) is 10.1. The van der Waals surface area contributed by atoms with E-state index in [1.165, 1.54) is 0 Å². The Kier molecular flexibility index (Phi) is 9.58. The molecule has 1 aromatic rings. The molecule has 9 heteroatoms. The highest BCUT2D eigenvalue weighted by atomic mass is 79.9. The number of amides is 1. The molecule has 3 rings (SSSR count). The molecule has 2 heterocycles. The number of piperidine rings is 1. The normalized spacial score (nSPS) is 21.8. The van der Waals surface area contributed by atoms with Crippen LogP contribution in [0.1, 0.15) is 46.5 Å². The predicted molar refractivity (Wildman–Crippen MR) is 123 cm³/mol. The van der Waals surface area contributed by atoms with Gasteiger partial charge in [-0.3, -0.25) is 0 Å². The lowest BCUT2D eigenvalue weighted by Gasteiger charge is -2.34. The van der Waals surface area contributed by atoms with Crippen molar-refractivity contribution in [1.82, 2.24) is 9.88 Å². The van der Waals surface area contributed by atoms with Gasteiger partial charge in [0.25, 0.3) is 0 Å². The molecule has 1 aliphatic heterocycles. The number of hydrogen-bond donors (Lipinski definition) is 0. The van der Waals surface area contributed by atoms with Crippen molar-refractivity contribution in [1.29, 1.82) is 0 Å². The summed E-state index contributed by atoms with van der Waals surface area (Å²) in [6.45, 7) is 9.19. The number of aromatic nitrogens is 1. The maximum atomic E-state index is 12.1. The van der Waals surface area contributed by atoms with Crippen LogP contribution in [-0.4, -0.2) is 79.4 Å². The fourth-order valence-corrected chi connectivity index (χ4v) is 3.77. The van der Waals surface area contributed by atoms with Crippen LogP contribution in [-0.2, 0) is 18.9 Å². The number of halogens is 1. The van der Waals surface area contributed by atoms with Crippen LogP contribution in [0.4, 0.5) is 4.79 Å². The van der Waals surface area contributed by atoms with Gasteiger partial charge in [-0.2, -0.15) is 0 Å². The summed E-state index contributed by atoms with van der Waals surface area (Å²) in [7, 11) is 0. The molecular formula is C23H35BrN2O6. The van der Waals surface area contributed by atoms with E-state index in [0.717, 1.165) is 30.2 Å². The molecule has 1 saturated heterocycles. The van der Waals surface area contributed by atoms with Crippen LogP contribution in [0.25, 0.3) is 0 Å². The zero-order chi connectivity index (χ0) is 23.0. The molecule has 1 aromatic heterocycles. The molecule has 0 bridgehead atoms. The van der Waals surface area contributed by atoms with Crippen molar-refractivity contribution in [2.45, 2.75) is 70.4 Å². The minimum Gasteiger partial charge on any atom is -0.474 e. The third-order valence-corrected chi connectivity index (χ3v) is 5.76. The first-order valence-corrected chi connectivity index (χ1v) is 12.1. The second-order valence-electron chi connectivity index (χ2n) is 9.17. The quantitative estimate of drug-likeness (QED) is 0.432. The van der Waals surface area contributed by atoms with Gasteiger partial charge in [0, 0.05) is 42.7 Å². The first-order valence-electron chi connectivity index (χ1n) is 11.4. The van der Waals surface area contributed by atoms with Crippen molar-refractivity contribution in [3.8, 4) is 5.88 Å². The summed E-state index contributed by atoms with van der Waals surface area (Å²) in [6.07, 6.45) is 5.46. The Bertz CT molecular complexity index is 697. The van der Waals surface area contributed by atoms with Crippen LogP contribution in [0.5, 0.6) is 5.88 Å². The Morgan fingerprint density at radius 2 is 1.69 bits per heavy atom. The lowest BCUT2D eigenvalue weighted by molar-refractivity contribution is -0.0822. The highest BCUT2D eigenvalue weighted by molar-refractivity contribution is 9.10. The van der Waals surface area contributed by atoms with Crippen LogP contribution in [0.3, 0.4) is 0 Å². The fourth-order valence-electron chi connectivity index (χ4n) is 3.53. The highest BCUT2D eigenvalue weighted by Gasteiger charge is 2.32. The van der Waals surface area contributed by atoms with Gasteiger partial charge in [-0.1, -0.05) is 0 Å². The van der Waals surface area contributed by atoms with Crippen molar-refractivity contribution in [3.63, 3.8) is 0 Å². The third kappa shape index (κ3) is 8.84. The van der Waals surface area contributed by atoms with Crippen LogP contribution in [0.15, 0.2) is 22.8 Å². The van der Waals surface area contributed by atoms with Gasteiger partial charge in [-0.15, -0.1) is 0 Å². The largest absolute Gasteiger partial charge is 0.474 e. The monoisotopic (exact) mass is 514 g/mol. The summed E-state index contributed by atoms with van der Waals surface area (Å²) >= 11 is 3.36. The second kappa shape index (κ2) is 12.2. The molecule has 0 atom stereocenters. The average Bonchev–Trinajstić information content (AvgIpc) is 2.71. The molecule has 0 aromatic carbocycles. The van der Waals surface area contributed by atoms with Gasteiger partial charge >= 0.3 is 6.09 Å². The zero-order valence-electron chi connectivity index (χ0n) is 19.3. The van der Waals surface area contributed by atoms with E-state index in [2.05, 4.69) is 20.9 Å². The van der Waals surface area contributed by atoms with Crippen LogP contribution < -0.4 is 4.74 Å². The number of rotatable bonds is 10. The number of hydrogen-bond acceptors (Lipinski definition) is 7. The van der Waals surface area contributed by atoms with Gasteiger partial charge in [0.15, 0.2) is 0 Å². The summed E-state index contributed by atoms with van der Waals surface area (Å²) in [6, 6.07) is 3.78. The van der Waals surface area contributed by atoms with E-state index in [9.17, 15) is 4.79 Å². The number of carbonyl (C=O) groups excluding carboxylic acids is 1. The summed E-state index contributed by atoms with van der Waals surface area (Å²) in [5.41, 5.74) is -0.461. The van der Waals surface area contributed by atoms with E-state index >= 15 is 0 Å². The molecule has 8 nitrogen and oxygen atoms in total. The van der Waals surface area contributed by atoms with E-state index in [1.54, 1.807) is 11.1 Å². The first-order chi connectivity index (χ1) is 15.3. The molecule has 2 fully saturated rings. The molecule has 180 valence electrons. The van der Waals surface area contributed by atoms with E-state index in [0.29, 0.717) is 45.4 Å². The molecule has 0 radical (unpaired) electrons. The topological polar surface area (TPSA) is 79.4 Å². The van der Waals surface area contributed by atoms with Gasteiger partial charge < -0.3 is 28.6 Å². The Balaban J connectivity index is 1.14.